The topological polar surface area (TPSA) is 51.0 Å². The Morgan fingerprint density at radius 3 is 2.35 bits per heavy atom. The lowest BCUT2D eigenvalue weighted by molar-refractivity contribution is 0.378. The third-order valence-electron chi connectivity index (χ3n) is 2.93. The molecule has 0 radical (unpaired) electrons. The van der Waals surface area contributed by atoms with E-state index in [0.717, 1.165) is 5.69 Å². The molecule has 20 heavy (non-hydrogen) atoms. The molecule has 2 aromatic carbocycles. The summed E-state index contributed by atoms with van der Waals surface area (Å²) in [6.45, 7) is 0.534. The minimum Gasteiger partial charge on any atom is -0.376 e. The van der Waals surface area contributed by atoms with E-state index in [1.807, 2.05) is 48.5 Å². The second-order valence-corrected chi connectivity index (χ2v) is 4.49. The number of para-hydroxylation sites is 1. The van der Waals surface area contributed by atoms with Crippen molar-refractivity contribution in [2.75, 3.05) is 5.32 Å². The van der Waals surface area contributed by atoms with Crippen molar-refractivity contribution in [3.8, 4) is 0 Å². The summed E-state index contributed by atoms with van der Waals surface area (Å²) in [6, 6.07) is 20.1. The van der Waals surface area contributed by atoms with Crippen molar-refractivity contribution in [2.24, 2.45) is 0 Å². The van der Waals surface area contributed by atoms with Crippen LogP contribution in [0.1, 0.15) is 17.3 Å². The lowest BCUT2D eigenvalue weighted by Gasteiger charge is -2.01. The predicted octanol–water partition coefficient (Wildman–Crippen LogP) is 3.27. The molecule has 0 unspecified atom stereocenters. The molecule has 0 bridgehead atoms. The number of benzene rings is 2. The summed E-state index contributed by atoms with van der Waals surface area (Å²) in [4.78, 5) is 4.38. The van der Waals surface area contributed by atoms with Crippen LogP contribution in [-0.4, -0.2) is 10.1 Å². The van der Waals surface area contributed by atoms with Crippen LogP contribution in [0.2, 0.25) is 0 Å². The summed E-state index contributed by atoms with van der Waals surface area (Å²) in [6.07, 6.45) is 0.690. The van der Waals surface area contributed by atoms with E-state index in [-0.39, 0.29) is 0 Å². The first kappa shape index (κ1) is 12.4. The zero-order valence-electron chi connectivity index (χ0n) is 11.0. The molecule has 0 saturated carbocycles. The number of nitrogens with zero attached hydrogens (tertiary/aromatic N) is 2. The fraction of sp³-hybridized carbons (Fsp3) is 0.125. The maximum Gasteiger partial charge on any atom is 0.245 e. The van der Waals surface area contributed by atoms with Crippen LogP contribution >= 0.6 is 0 Å². The van der Waals surface area contributed by atoms with Gasteiger partial charge < -0.3 is 9.84 Å². The molecule has 3 rings (SSSR count). The van der Waals surface area contributed by atoms with Crippen molar-refractivity contribution in [1.29, 1.82) is 0 Å². The van der Waals surface area contributed by atoms with Gasteiger partial charge in [0.05, 0.1) is 6.54 Å². The Morgan fingerprint density at radius 2 is 1.60 bits per heavy atom. The largest absolute Gasteiger partial charge is 0.376 e. The summed E-state index contributed by atoms with van der Waals surface area (Å²) < 4.78 is 5.23. The standard InChI is InChI=1S/C16H15N3O/c1-3-7-13(8-4-1)11-15-18-16(20-19-15)12-17-14-9-5-2-6-10-14/h1-10,17H,11-12H2. The monoisotopic (exact) mass is 265 g/mol. The van der Waals surface area contributed by atoms with Gasteiger partial charge in [-0.05, 0) is 17.7 Å². The van der Waals surface area contributed by atoms with E-state index in [1.54, 1.807) is 0 Å². The fourth-order valence-electron chi connectivity index (χ4n) is 1.95. The van der Waals surface area contributed by atoms with E-state index in [4.69, 9.17) is 4.52 Å². The number of hydrogen-bond donors (Lipinski definition) is 1. The Balaban J connectivity index is 1.60. The molecule has 4 heteroatoms. The molecule has 1 heterocycles. The van der Waals surface area contributed by atoms with Crippen LogP contribution in [0.3, 0.4) is 0 Å². The molecule has 0 aliphatic carbocycles. The van der Waals surface area contributed by atoms with Crippen LogP contribution in [0.4, 0.5) is 5.69 Å². The molecule has 3 aromatic rings. The van der Waals surface area contributed by atoms with Gasteiger partial charge in [0.1, 0.15) is 0 Å². The van der Waals surface area contributed by atoms with Gasteiger partial charge in [0.25, 0.3) is 0 Å². The Hall–Kier alpha value is -2.62. The number of aromatic nitrogens is 2. The predicted molar refractivity (Wildman–Crippen MR) is 77.3 cm³/mol. The quantitative estimate of drug-likeness (QED) is 0.769. The van der Waals surface area contributed by atoms with Crippen molar-refractivity contribution >= 4 is 5.69 Å². The first-order valence-electron chi connectivity index (χ1n) is 6.54. The molecule has 0 spiro atoms. The van der Waals surface area contributed by atoms with Gasteiger partial charge in [-0.15, -0.1) is 0 Å². The van der Waals surface area contributed by atoms with Gasteiger partial charge in [-0.3, -0.25) is 0 Å². The number of nitrogens with one attached hydrogen (secondary N) is 1. The zero-order valence-corrected chi connectivity index (χ0v) is 11.0. The van der Waals surface area contributed by atoms with E-state index in [9.17, 15) is 0 Å². The SMILES string of the molecule is c1ccc(Cc2noc(CNc3ccccc3)n2)cc1. The zero-order chi connectivity index (χ0) is 13.6. The molecule has 4 nitrogen and oxygen atoms in total. The highest BCUT2D eigenvalue weighted by atomic mass is 16.5. The second-order valence-electron chi connectivity index (χ2n) is 4.49. The summed E-state index contributed by atoms with van der Waals surface area (Å²) in [5.41, 5.74) is 2.21. The molecule has 0 aliphatic rings. The first-order chi connectivity index (χ1) is 9.90. The highest BCUT2D eigenvalue weighted by molar-refractivity contribution is 5.42. The van der Waals surface area contributed by atoms with E-state index >= 15 is 0 Å². The minimum absolute atomic E-state index is 0.534. The van der Waals surface area contributed by atoms with Gasteiger partial charge in [0.15, 0.2) is 5.82 Å². The van der Waals surface area contributed by atoms with Crippen molar-refractivity contribution in [3.63, 3.8) is 0 Å². The minimum atomic E-state index is 0.534. The Bertz CT molecular complexity index is 650. The normalized spacial score (nSPS) is 10.4. The highest BCUT2D eigenvalue weighted by Gasteiger charge is 2.06. The Morgan fingerprint density at radius 1 is 0.900 bits per heavy atom. The maximum absolute atomic E-state index is 5.23. The van der Waals surface area contributed by atoms with E-state index in [1.165, 1.54) is 5.56 Å². The van der Waals surface area contributed by atoms with Gasteiger partial charge >= 0.3 is 0 Å². The lowest BCUT2D eigenvalue weighted by Crippen LogP contribution is -1.99. The number of hydrogen-bond acceptors (Lipinski definition) is 4. The third kappa shape index (κ3) is 3.23. The van der Waals surface area contributed by atoms with Crippen LogP contribution in [0, 0.1) is 0 Å². The molecular formula is C16H15N3O. The van der Waals surface area contributed by atoms with E-state index in [2.05, 4.69) is 27.6 Å². The highest BCUT2D eigenvalue weighted by Crippen LogP contribution is 2.09. The molecular weight excluding hydrogens is 250 g/mol. The average molecular weight is 265 g/mol. The Labute approximate surface area is 117 Å². The fourth-order valence-corrected chi connectivity index (χ4v) is 1.95. The van der Waals surface area contributed by atoms with Crippen LogP contribution in [0.15, 0.2) is 65.2 Å². The molecule has 0 fully saturated rings. The molecule has 0 atom stereocenters. The van der Waals surface area contributed by atoms with Crippen molar-refractivity contribution in [3.05, 3.63) is 77.9 Å². The van der Waals surface area contributed by atoms with Crippen molar-refractivity contribution in [1.82, 2.24) is 10.1 Å². The van der Waals surface area contributed by atoms with Gasteiger partial charge in [-0.25, -0.2) is 0 Å². The summed E-state index contributed by atoms with van der Waals surface area (Å²) in [5, 5.41) is 7.24. The molecule has 100 valence electrons. The van der Waals surface area contributed by atoms with E-state index in [0.29, 0.717) is 24.7 Å². The first-order valence-corrected chi connectivity index (χ1v) is 6.54. The Kier molecular flexibility index (Phi) is 3.73. The molecule has 0 amide bonds. The van der Waals surface area contributed by atoms with Crippen molar-refractivity contribution in [2.45, 2.75) is 13.0 Å². The smallest absolute Gasteiger partial charge is 0.245 e. The molecule has 0 aliphatic heterocycles. The van der Waals surface area contributed by atoms with Crippen LogP contribution in [0.25, 0.3) is 0 Å². The second kappa shape index (κ2) is 6.02. The van der Waals surface area contributed by atoms with E-state index < -0.39 is 0 Å². The van der Waals surface area contributed by atoms with Gasteiger partial charge in [-0.1, -0.05) is 53.7 Å². The van der Waals surface area contributed by atoms with Crippen LogP contribution < -0.4 is 5.32 Å². The van der Waals surface area contributed by atoms with Gasteiger partial charge in [0, 0.05) is 12.1 Å². The van der Waals surface area contributed by atoms with Gasteiger partial charge in [-0.2, -0.15) is 4.98 Å². The lowest BCUT2D eigenvalue weighted by atomic mass is 10.1. The third-order valence-corrected chi connectivity index (χ3v) is 2.93. The molecule has 0 saturated heterocycles. The average Bonchev–Trinajstić information content (AvgIpc) is 2.95. The van der Waals surface area contributed by atoms with Crippen LogP contribution in [-0.2, 0) is 13.0 Å². The molecule has 1 aromatic heterocycles. The maximum atomic E-state index is 5.23. The summed E-state index contributed by atoms with van der Waals surface area (Å²) >= 11 is 0. The molecule has 1 N–H and O–H groups in total. The van der Waals surface area contributed by atoms with Crippen LogP contribution in [0.5, 0.6) is 0 Å². The van der Waals surface area contributed by atoms with Gasteiger partial charge in [0.2, 0.25) is 5.89 Å². The van der Waals surface area contributed by atoms with Crippen molar-refractivity contribution < 1.29 is 4.52 Å². The summed E-state index contributed by atoms with van der Waals surface area (Å²) in [7, 11) is 0. The number of anilines is 1. The summed E-state index contributed by atoms with van der Waals surface area (Å²) in [5.74, 6) is 1.31. The number of rotatable bonds is 5.